The Bertz CT molecular complexity index is 391. The maximum absolute atomic E-state index is 3.84. The first-order valence-electron chi connectivity index (χ1n) is 6.26. The van der Waals surface area contributed by atoms with Crippen molar-refractivity contribution in [3.8, 4) is 11.8 Å². The molecule has 0 atom stereocenters. The monoisotopic (exact) mass is 228 g/mol. The summed E-state index contributed by atoms with van der Waals surface area (Å²) in [5.41, 5.74) is 1.09. The smallest absolute Gasteiger partial charge is 0.141 e. The van der Waals surface area contributed by atoms with Crippen LogP contribution in [-0.4, -0.2) is 30.7 Å². The predicted molar refractivity (Wildman–Crippen MR) is 74.6 cm³/mol. The van der Waals surface area contributed by atoms with Crippen molar-refractivity contribution in [2.75, 3.05) is 26.2 Å². The summed E-state index contributed by atoms with van der Waals surface area (Å²) in [5, 5.41) is 0. The van der Waals surface area contributed by atoms with Crippen LogP contribution in [0.3, 0.4) is 0 Å². The quantitative estimate of drug-likeness (QED) is 0.413. The molecule has 0 unspecified atom stereocenters. The van der Waals surface area contributed by atoms with Crippen LogP contribution in [0.5, 0.6) is 0 Å². The number of nitrogens with zero attached hydrogens (tertiary/aromatic N) is 1. The van der Waals surface area contributed by atoms with Crippen molar-refractivity contribution < 1.29 is 4.48 Å². The average Bonchev–Trinajstić information content (AvgIpc) is 2.39. The number of likely N-dealkylation sites (N-methyl/N-ethyl adjacent to an activating group) is 1. The minimum atomic E-state index is 0.897. The van der Waals surface area contributed by atoms with E-state index < -0.39 is 0 Å². The molecule has 90 valence electrons. The second-order valence-electron chi connectivity index (χ2n) is 4.27. The Hall–Kier alpha value is -1.52. The Morgan fingerprint density at radius 2 is 1.82 bits per heavy atom. The Balaban J connectivity index is 2.70. The van der Waals surface area contributed by atoms with E-state index >= 15 is 0 Å². The highest BCUT2D eigenvalue weighted by molar-refractivity contribution is 5.33. The van der Waals surface area contributed by atoms with Crippen LogP contribution in [-0.2, 0) is 0 Å². The van der Waals surface area contributed by atoms with E-state index in [9.17, 15) is 0 Å². The van der Waals surface area contributed by atoms with Gasteiger partial charge < -0.3 is 4.48 Å². The molecule has 0 aliphatic heterocycles. The van der Waals surface area contributed by atoms with Crippen molar-refractivity contribution >= 4 is 0 Å². The molecule has 0 aromatic heterocycles. The molecule has 0 saturated heterocycles. The summed E-state index contributed by atoms with van der Waals surface area (Å²) < 4.78 is 1.00. The van der Waals surface area contributed by atoms with Crippen molar-refractivity contribution in [2.24, 2.45) is 0 Å². The first-order valence-corrected chi connectivity index (χ1v) is 6.26. The van der Waals surface area contributed by atoms with E-state index in [2.05, 4.69) is 32.3 Å². The van der Waals surface area contributed by atoms with Gasteiger partial charge in [-0.15, -0.1) is 0 Å². The van der Waals surface area contributed by atoms with Crippen LogP contribution in [0.2, 0.25) is 0 Å². The van der Waals surface area contributed by atoms with Gasteiger partial charge in [0.25, 0.3) is 0 Å². The van der Waals surface area contributed by atoms with Gasteiger partial charge in [-0.25, -0.2) is 0 Å². The lowest BCUT2D eigenvalue weighted by Crippen LogP contribution is -2.48. The van der Waals surface area contributed by atoms with Gasteiger partial charge in [0.15, 0.2) is 0 Å². The zero-order valence-electron chi connectivity index (χ0n) is 10.9. The molecule has 17 heavy (non-hydrogen) atoms. The van der Waals surface area contributed by atoms with Crippen LogP contribution < -0.4 is 0 Å². The van der Waals surface area contributed by atoms with Gasteiger partial charge >= 0.3 is 0 Å². The molecule has 0 saturated carbocycles. The summed E-state index contributed by atoms with van der Waals surface area (Å²) in [6.45, 7) is 12.4. The van der Waals surface area contributed by atoms with E-state index in [0.29, 0.717) is 0 Å². The number of hydrogen-bond donors (Lipinski definition) is 0. The van der Waals surface area contributed by atoms with Crippen molar-refractivity contribution in [3.63, 3.8) is 0 Å². The van der Waals surface area contributed by atoms with Crippen molar-refractivity contribution in [1.82, 2.24) is 0 Å². The van der Waals surface area contributed by atoms with E-state index in [4.69, 9.17) is 0 Å². The zero-order chi connectivity index (χ0) is 12.6. The third-order valence-corrected chi connectivity index (χ3v) is 3.28. The number of hydrogen-bond acceptors (Lipinski definition) is 0. The highest BCUT2D eigenvalue weighted by Crippen LogP contribution is 2.05. The van der Waals surface area contributed by atoms with E-state index in [1.165, 1.54) is 0 Å². The SMILES string of the molecule is C=CC[N+](CC)(CC)CC#Cc1ccccc1. The summed E-state index contributed by atoms with van der Waals surface area (Å²) in [6.07, 6.45) is 2.00. The summed E-state index contributed by atoms with van der Waals surface area (Å²) in [6, 6.07) is 10.2. The molecule has 0 radical (unpaired) electrons. The number of benzene rings is 1. The minimum Gasteiger partial charge on any atom is -0.311 e. The maximum atomic E-state index is 3.84. The summed E-state index contributed by atoms with van der Waals surface area (Å²) in [4.78, 5) is 0. The number of rotatable bonds is 5. The highest BCUT2D eigenvalue weighted by atomic mass is 15.3. The molecule has 0 spiro atoms. The molecule has 0 aliphatic rings. The molecule has 0 N–H and O–H groups in total. The minimum absolute atomic E-state index is 0.897. The largest absolute Gasteiger partial charge is 0.311 e. The van der Waals surface area contributed by atoms with Gasteiger partial charge in [-0.2, -0.15) is 0 Å². The van der Waals surface area contributed by atoms with Crippen LogP contribution in [0, 0.1) is 11.8 Å². The molecule has 0 amide bonds. The molecule has 1 aromatic rings. The Morgan fingerprint density at radius 1 is 1.18 bits per heavy atom. The van der Waals surface area contributed by atoms with Gasteiger partial charge in [-0.1, -0.05) is 30.7 Å². The fourth-order valence-electron chi connectivity index (χ4n) is 1.87. The van der Waals surface area contributed by atoms with Crippen LogP contribution >= 0.6 is 0 Å². The molecule has 1 heteroatoms. The Labute approximate surface area is 105 Å². The van der Waals surface area contributed by atoms with Crippen molar-refractivity contribution in [3.05, 3.63) is 48.6 Å². The number of quaternary nitrogens is 1. The molecular formula is C16H22N+. The summed E-state index contributed by atoms with van der Waals surface area (Å²) in [7, 11) is 0. The predicted octanol–water partition coefficient (Wildman–Crippen LogP) is 3.08. The van der Waals surface area contributed by atoms with Crippen LogP contribution in [0.25, 0.3) is 0 Å². The first-order chi connectivity index (χ1) is 8.26. The molecule has 0 bridgehead atoms. The molecule has 0 fully saturated rings. The fraction of sp³-hybridized carbons (Fsp3) is 0.375. The summed E-state index contributed by atoms with van der Waals surface area (Å²) in [5.74, 6) is 6.53. The van der Waals surface area contributed by atoms with Crippen molar-refractivity contribution in [2.45, 2.75) is 13.8 Å². The zero-order valence-corrected chi connectivity index (χ0v) is 10.9. The lowest BCUT2D eigenvalue weighted by molar-refractivity contribution is -0.912. The van der Waals surface area contributed by atoms with E-state index in [1.807, 2.05) is 36.4 Å². The van der Waals surface area contributed by atoms with E-state index in [0.717, 1.165) is 36.2 Å². The fourth-order valence-corrected chi connectivity index (χ4v) is 1.87. The van der Waals surface area contributed by atoms with Gasteiger partial charge in [0.05, 0.1) is 19.6 Å². The van der Waals surface area contributed by atoms with Gasteiger partial charge in [0.1, 0.15) is 6.54 Å². The lowest BCUT2D eigenvalue weighted by atomic mass is 10.2. The Kier molecular flexibility index (Phi) is 5.52. The highest BCUT2D eigenvalue weighted by Gasteiger charge is 2.19. The van der Waals surface area contributed by atoms with Gasteiger partial charge in [-0.3, -0.25) is 0 Å². The van der Waals surface area contributed by atoms with E-state index in [1.54, 1.807) is 0 Å². The van der Waals surface area contributed by atoms with Gasteiger partial charge in [0, 0.05) is 5.56 Å². The van der Waals surface area contributed by atoms with Gasteiger partial charge in [0.2, 0.25) is 0 Å². The summed E-state index contributed by atoms with van der Waals surface area (Å²) >= 11 is 0. The third kappa shape index (κ3) is 4.09. The van der Waals surface area contributed by atoms with Crippen LogP contribution in [0.1, 0.15) is 19.4 Å². The average molecular weight is 228 g/mol. The van der Waals surface area contributed by atoms with Crippen molar-refractivity contribution in [1.29, 1.82) is 0 Å². The first kappa shape index (κ1) is 13.5. The lowest BCUT2D eigenvalue weighted by Gasteiger charge is -2.33. The second kappa shape index (κ2) is 6.93. The van der Waals surface area contributed by atoms with Gasteiger partial charge in [-0.05, 0) is 38.0 Å². The standard InChI is InChI=1S/C16H22N/c1-4-14-17(5-2,6-3)15-10-13-16-11-8-7-9-12-16/h4,7-9,11-12H,1,5-6,14-15H2,2-3H3/q+1. The third-order valence-electron chi connectivity index (χ3n) is 3.28. The van der Waals surface area contributed by atoms with Crippen LogP contribution in [0.4, 0.5) is 0 Å². The topological polar surface area (TPSA) is 0 Å². The van der Waals surface area contributed by atoms with E-state index in [-0.39, 0.29) is 0 Å². The van der Waals surface area contributed by atoms with Crippen LogP contribution in [0.15, 0.2) is 43.0 Å². The molecule has 0 aliphatic carbocycles. The molecule has 1 rings (SSSR count). The Morgan fingerprint density at radius 3 is 2.35 bits per heavy atom. The molecule has 1 aromatic carbocycles. The molecule has 1 nitrogen and oxygen atoms in total. The maximum Gasteiger partial charge on any atom is 0.141 e. The normalized spacial score (nSPS) is 10.5. The molecule has 0 heterocycles. The molecular weight excluding hydrogens is 206 g/mol. The second-order valence-corrected chi connectivity index (χ2v) is 4.27.